The fraction of sp³-hybridized carbons (Fsp3) is 0.158. The van der Waals surface area contributed by atoms with Crippen molar-refractivity contribution in [3.05, 3.63) is 77.5 Å². The third kappa shape index (κ3) is 2.83. The van der Waals surface area contributed by atoms with Gasteiger partial charge in [-0.05, 0) is 54.2 Å². The summed E-state index contributed by atoms with van der Waals surface area (Å²) < 4.78 is 0. The smallest absolute Gasteiger partial charge is 0.00201 e. The minimum Gasteiger partial charge on any atom is -0.404 e. The largest absolute Gasteiger partial charge is 0.404 e. The second-order valence-corrected chi connectivity index (χ2v) is 5.26. The topological polar surface area (TPSA) is 26.0 Å². The molecular formula is C19H21N. The zero-order valence-electron chi connectivity index (χ0n) is 12.4. The zero-order valence-corrected chi connectivity index (χ0v) is 12.4. The minimum absolute atomic E-state index is 0.985. The molecule has 0 aliphatic rings. The first-order valence-electron chi connectivity index (χ1n) is 6.78. The van der Waals surface area contributed by atoms with Crippen LogP contribution in [0.4, 0.5) is 0 Å². The molecule has 0 unspecified atom stereocenters. The van der Waals surface area contributed by atoms with E-state index in [0.29, 0.717) is 0 Å². The van der Waals surface area contributed by atoms with E-state index in [1.165, 1.54) is 22.3 Å². The van der Waals surface area contributed by atoms with Gasteiger partial charge in [-0.3, -0.25) is 0 Å². The van der Waals surface area contributed by atoms with Crippen molar-refractivity contribution in [3.8, 4) is 11.1 Å². The summed E-state index contributed by atoms with van der Waals surface area (Å²) in [5, 5.41) is 0. The van der Waals surface area contributed by atoms with E-state index in [4.69, 9.17) is 5.73 Å². The highest BCUT2D eigenvalue weighted by atomic mass is 14.5. The molecule has 0 bridgehead atoms. The second kappa shape index (κ2) is 5.79. The van der Waals surface area contributed by atoms with Crippen LogP contribution in [0.2, 0.25) is 0 Å². The van der Waals surface area contributed by atoms with Gasteiger partial charge >= 0.3 is 0 Å². The summed E-state index contributed by atoms with van der Waals surface area (Å²) in [6, 6.07) is 15.0. The van der Waals surface area contributed by atoms with Gasteiger partial charge in [0.1, 0.15) is 0 Å². The van der Waals surface area contributed by atoms with E-state index in [-0.39, 0.29) is 0 Å². The Morgan fingerprint density at radius 1 is 1.05 bits per heavy atom. The molecule has 2 N–H and O–H groups in total. The van der Waals surface area contributed by atoms with Crippen molar-refractivity contribution in [1.82, 2.24) is 0 Å². The Labute approximate surface area is 121 Å². The molecule has 0 atom stereocenters. The van der Waals surface area contributed by atoms with Gasteiger partial charge in [-0.1, -0.05) is 54.6 Å². The molecule has 102 valence electrons. The fourth-order valence-corrected chi connectivity index (χ4v) is 2.43. The van der Waals surface area contributed by atoms with E-state index in [1.807, 2.05) is 6.92 Å². The number of aryl methyl sites for hydroxylation is 2. The molecule has 2 aromatic carbocycles. The van der Waals surface area contributed by atoms with Gasteiger partial charge in [-0.25, -0.2) is 0 Å². The van der Waals surface area contributed by atoms with Gasteiger partial charge in [0.15, 0.2) is 0 Å². The Hall–Kier alpha value is -2.28. The molecule has 0 radical (unpaired) electrons. The molecule has 1 heteroatoms. The summed E-state index contributed by atoms with van der Waals surface area (Å²) in [7, 11) is 0. The standard InChI is InChI=1S/C19H21N/c1-13(2)19(12-20)18-9-8-17(11-15(18)4)16-7-5-6-14(3)10-16/h5-12H,1,20H2,2-4H3/b19-12-. The van der Waals surface area contributed by atoms with Crippen LogP contribution in [-0.4, -0.2) is 0 Å². The van der Waals surface area contributed by atoms with Crippen LogP contribution in [0.1, 0.15) is 23.6 Å². The maximum absolute atomic E-state index is 5.72. The lowest BCUT2D eigenvalue weighted by Crippen LogP contribution is -1.94. The van der Waals surface area contributed by atoms with E-state index in [2.05, 4.69) is 62.9 Å². The first-order chi connectivity index (χ1) is 9.52. The molecule has 20 heavy (non-hydrogen) atoms. The summed E-state index contributed by atoms with van der Waals surface area (Å²) in [6.45, 7) is 10.2. The van der Waals surface area contributed by atoms with Gasteiger partial charge in [0.05, 0.1) is 0 Å². The molecule has 0 aromatic heterocycles. The van der Waals surface area contributed by atoms with Crippen LogP contribution in [-0.2, 0) is 0 Å². The minimum atomic E-state index is 0.985. The SMILES string of the molecule is C=C(C)/C(=C/N)c1ccc(-c2cccc(C)c2)cc1C. The van der Waals surface area contributed by atoms with E-state index >= 15 is 0 Å². The molecule has 0 saturated heterocycles. The number of allylic oxidation sites excluding steroid dienone is 2. The van der Waals surface area contributed by atoms with Gasteiger partial charge in [0, 0.05) is 6.20 Å². The van der Waals surface area contributed by atoms with Crippen molar-refractivity contribution in [1.29, 1.82) is 0 Å². The lowest BCUT2D eigenvalue weighted by Gasteiger charge is -2.12. The monoisotopic (exact) mass is 263 g/mol. The van der Waals surface area contributed by atoms with Crippen molar-refractivity contribution in [2.45, 2.75) is 20.8 Å². The highest BCUT2D eigenvalue weighted by molar-refractivity contribution is 5.81. The van der Waals surface area contributed by atoms with Crippen LogP contribution in [0.15, 0.2) is 60.8 Å². The Balaban J connectivity index is 2.48. The van der Waals surface area contributed by atoms with Crippen LogP contribution in [0.5, 0.6) is 0 Å². The second-order valence-electron chi connectivity index (χ2n) is 5.26. The lowest BCUT2D eigenvalue weighted by molar-refractivity contribution is 1.38. The number of nitrogens with two attached hydrogens (primary N) is 1. The Morgan fingerprint density at radius 2 is 1.75 bits per heavy atom. The summed E-state index contributed by atoms with van der Waals surface area (Å²) >= 11 is 0. The van der Waals surface area contributed by atoms with E-state index in [1.54, 1.807) is 6.20 Å². The summed E-state index contributed by atoms with van der Waals surface area (Å²) in [5.74, 6) is 0. The van der Waals surface area contributed by atoms with Crippen LogP contribution < -0.4 is 5.73 Å². The molecule has 0 aliphatic heterocycles. The summed E-state index contributed by atoms with van der Waals surface area (Å²) in [4.78, 5) is 0. The van der Waals surface area contributed by atoms with Crippen LogP contribution >= 0.6 is 0 Å². The number of benzene rings is 2. The summed E-state index contributed by atoms with van der Waals surface area (Å²) in [5.41, 5.74) is 13.8. The van der Waals surface area contributed by atoms with Gasteiger partial charge < -0.3 is 5.73 Å². The van der Waals surface area contributed by atoms with Gasteiger partial charge in [0.2, 0.25) is 0 Å². The van der Waals surface area contributed by atoms with E-state index < -0.39 is 0 Å². The van der Waals surface area contributed by atoms with Crippen molar-refractivity contribution >= 4 is 5.57 Å². The average Bonchev–Trinajstić information content (AvgIpc) is 2.41. The lowest BCUT2D eigenvalue weighted by atomic mass is 9.93. The normalized spacial score (nSPS) is 11.4. The molecule has 0 aliphatic carbocycles. The van der Waals surface area contributed by atoms with Crippen molar-refractivity contribution in [2.24, 2.45) is 5.73 Å². The van der Waals surface area contributed by atoms with Gasteiger partial charge in [-0.15, -0.1) is 0 Å². The Morgan fingerprint density at radius 3 is 2.30 bits per heavy atom. The van der Waals surface area contributed by atoms with Crippen LogP contribution in [0, 0.1) is 13.8 Å². The molecule has 1 nitrogen and oxygen atoms in total. The van der Waals surface area contributed by atoms with Crippen molar-refractivity contribution in [3.63, 3.8) is 0 Å². The predicted molar refractivity (Wildman–Crippen MR) is 88.3 cm³/mol. The molecule has 2 rings (SSSR count). The first-order valence-corrected chi connectivity index (χ1v) is 6.78. The summed E-state index contributed by atoms with van der Waals surface area (Å²) in [6.07, 6.45) is 1.64. The van der Waals surface area contributed by atoms with E-state index in [0.717, 1.165) is 16.7 Å². The molecule has 0 fully saturated rings. The third-order valence-electron chi connectivity index (χ3n) is 3.49. The number of rotatable bonds is 3. The molecule has 0 amide bonds. The quantitative estimate of drug-likeness (QED) is 0.787. The van der Waals surface area contributed by atoms with Crippen molar-refractivity contribution < 1.29 is 0 Å². The van der Waals surface area contributed by atoms with Crippen LogP contribution in [0.25, 0.3) is 16.7 Å². The molecule has 0 spiro atoms. The average molecular weight is 263 g/mol. The Bertz CT molecular complexity index is 678. The molecular weight excluding hydrogens is 242 g/mol. The molecule has 2 aromatic rings. The zero-order chi connectivity index (χ0) is 14.7. The maximum Gasteiger partial charge on any atom is 0.00201 e. The number of hydrogen-bond donors (Lipinski definition) is 1. The van der Waals surface area contributed by atoms with Crippen molar-refractivity contribution in [2.75, 3.05) is 0 Å². The Kier molecular flexibility index (Phi) is 4.09. The van der Waals surface area contributed by atoms with Gasteiger partial charge in [-0.2, -0.15) is 0 Å². The first kappa shape index (κ1) is 14.1. The van der Waals surface area contributed by atoms with E-state index in [9.17, 15) is 0 Å². The highest BCUT2D eigenvalue weighted by Gasteiger charge is 2.07. The third-order valence-corrected chi connectivity index (χ3v) is 3.49. The number of hydrogen-bond acceptors (Lipinski definition) is 1. The highest BCUT2D eigenvalue weighted by Crippen LogP contribution is 2.28. The van der Waals surface area contributed by atoms with Crippen LogP contribution in [0.3, 0.4) is 0 Å². The fourth-order valence-electron chi connectivity index (χ4n) is 2.43. The maximum atomic E-state index is 5.72. The van der Waals surface area contributed by atoms with Gasteiger partial charge in [0.25, 0.3) is 0 Å². The molecule has 0 heterocycles. The predicted octanol–water partition coefficient (Wildman–Crippen LogP) is 4.85. The molecule has 0 saturated carbocycles.